The Morgan fingerprint density at radius 3 is 2.31 bits per heavy atom. The Hall–Kier alpha value is -2.26. The Bertz CT molecular complexity index is 985. The Kier molecular flexibility index (Phi) is 7.39. The fourth-order valence-electron chi connectivity index (χ4n) is 4.61. The number of nitrogens with one attached hydrogen (secondary N) is 1. The first-order valence-electron chi connectivity index (χ1n) is 11.2. The number of carbonyl (C=O) groups is 3. The summed E-state index contributed by atoms with van der Waals surface area (Å²) < 4.78 is 25.6. The number of piperazine rings is 1. The van der Waals surface area contributed by atoms with Crippen LogP contribution in [0, 0.1) is 0 Å². The van der Waals surface area contributed by atoms with Crippen LogP contribution in [0.15, 0.2) is 24.3 Å². The smallest absolute Gasteiger partial charge is 0.247 e. The summed E-state index contributed by atoms with van der Waals surface area (Å²) in [6.45, 7) is 2.53. The van der Waals surface area contributed by atoms with Crippen molar-refractivity contribution in [1.29, 1.82) is 0 Å². The lowest BCUT2D eigenvalue weighted by Gasteiger charge is -2.47. The van der Waals surface area contributed by atoms with Crippen molar-refractivity contribution in [2.75, 3.05) is 24.2 Å². The molecule has 1 saturated heterocycles. The topological polar surface area (TPSA) is 104 Å². The maximum atomic E-state index is 13.6. The van der Waals surface area contributed by atoms with Crippen molar-refractivity contribution in [3.05, 3.63) is 29.8 Å². The predicted molar refractivity (Wildman–Crippen MR) is 123 cm³/mol. The van der Waals surface area contributed by atoms with Crippen LogP contribution in [0.3, 0.4) is 0 Å². The number of carbonyl (C=O) groups excluding carboxylic acids is 3. The molecule has 0 unspecified atom stereocenters. The highest BCUT2D eigenvalue weighted by Crippen LogP contribution is 2.32. The molecule has 1 aromatic carbocycles. The number of amides is 2. The molecule has 8 nitrogen and oxygen atoms in total. The van der Waals surface area contributed by atoms with Crippen molar-refractivity contribution in [2.45, 2.75) is 70.4 Å². The van der Waals surface area contributed by atoms with Gasteiger partial charge in [0.05, 0.1) is 12.8 Å². The summed E-state index contributed by atoms with van der Waals surface area (Å²) in [5.74, 6) is -1.04. The Morgan fingerprint density at radius 2 is 1.72 bits per heavy atom. The molecular formula is C23H33N3O5S. The molecule has 0 spiro atoms. The summed E-state index contributed by atoms with van der Waals surface area (Å²) in [7, 11) is -3.68. The van der Waals surface area contributed by atoms with Gasteiger partial charge in [-0.25, -0.2) is 8.42 Å². The molecule has 32 heavy (non-hydrogen) atoms. The largest absolute Gasteiger partial charge is 0.351 e. The zero-order valence-corrected chi connectivity index (χ0v) is 19.9. The molecule has 0 radical (unpaired) electrons. The first kappa shape index (κ1) is 24.4. The number of Topliss-reactive ketones (excluding diaryl/α,β-unsaturated/α-hetero) is 1. The molecule has 1 heterocycles. The number of hydrogen-bond acceptors (Lipinski definition) is 5. The van der Waals surface area contributed by atoms with E-state index in [0.717, 1.165) is 49.1 Å². The van der Waals surface area contributed by atoms with E-state index in [-0.39, 0.29) is 30.8 Å². The average molecular weight is 464 g/mol. The second-order valence-electron chi connectivity index (χ2n) is 9.16. The van der Waals surface area contributed by atoms with Crippen LogP contribution in [-0.2, 0) is 19.6 Å². The van der Waals surface area contributed by atoms with Crippen molar-refractivity contribution in [1.82, 2.24) is 9.62 Å². The van der Waals surface area contributed by atoms with Crippen LogP contribution in [-0.4, -0.2) is 61.2 Å². The zero-order chi connectivity index (χ0) is 23.5. The summed E-state index contributed by atoms with van der Waals surface area (Å²) in [4.78, 5) is 40.1. The second kappa shape index (κ2) is 9.70. The molecule has 2 fully saturated rings. The van der Waals surface area contributed by atoms with Crippen LogP contribution in [0.5, 0.6) is 0 Å². The first-order chi connectivity index (χ1) is 15.0. The lowest BCUT2D eigenvalue weighted by atomic mass is 9.91. The van der Waals surface area contributed by atoms with E-state index in [1.54, 1.807) is 31.2 Å². The van der Waals surface area contributed by atoms with Gasteiger partial charge in [-0.2, -0.15) is 4.31 Å². The normalized spacial score (nSPS) is 24.0. The van der Waals surface area contributed by atoms with Gasteiger partial charge in [0.25, 0.3) is 0 Å². The molecule has 3 rings (SSSR count). The van der Waals surface area contributed by atoms with E-state index in [1.165, 1.54) is 18.2 Å². The third kappa shape index (κ3) is 5.38. The molecule has 0 bridgehead atoms. The number of nitrogens with zero attached hydrogens (tertiary/aromatic N) is 2. The van der Waals surface area contributed by atoms with Crippen LogP contribution in [0.4, 0.5) is 5.69 Å². The van der Waals surface area contributed by atoms with Gasteiger partial charge in [0.1, 0.15) is 5.54 Å². The highest BCUT2D eigenvalue weighted by Gasteiger charge is 2.50. The maximum Gasteiger partial charge on any atom is 0.247 e. The highest BCUT2D eigenvalue weighted by molar-refractivity contribution is 7.88. The molecule has 2 amide bonds. The number of ketones is 1. The minimum absolute atomic E-state index is 0.00580. The van der Waals surface area contributed by atoms with E-state index in [9.17, 15) is 22.8 Å². The van der Waals surface area contributed by atoms with Gasteiger partial charge in [-0.1, -0.05) is 44.2 Å². The van der Waals surface area contributed by atoms with E-state index < -0.39 is 21.5 Å². The van der Waals surface area contributed by atoms with Gasteiger partial charge in [-0.3, -0.25) is 19.3 Å². The average Bonchev–Trinajstić information content (AvgIpc) is 2.68. The summed E-state index contributed by atoms with van der Waals surface area (Å²) in [6, 6.07) is 6.55. The predicted octanol–water partition coefficient (Wildman–Crippen LogP) is 2.49. The maximum absolute atomic E-state index is 13.6. The first-order valence-corrected chi connectivity index (χ1v) is 13.1. The Morgan fingerprint density at radius 1 is 1.09 bits per heavy atom. The molecule has 1 N–H and O–H groups in total. The molecule has 1 saturated carbocycles. The second-order valence-corrected chi connectivity index (χ2v) is 11.1. The van der Waals surface area contributed by atoms with Crippen LogP contribution >= 0.6 is 0 Å². The highest BCUT2D eigenvalue weighted by atomic mass is 32.2. The Balaban J connectivity index is 1.98. The quantitative estimate of drug-likeness (QED) is 0.676. The van der Waals surface area contributed by atoms with Gasteiger partial charge in [-0.05, 0) is 38.8 Å². The van der Waals surface area contributed by atoms with Gasteiger partial charge in [0.2, 0.25) is 21.8 Å². The standard InChI is InChI=1S/C23H33N3O5S/c1-17(27)18-10-9-13-20(14-18)26-21(28)15-25(32(3,30)31)16-23(26,2)22(29)24-19-11-7-5-4-6-8-12-19/h9-10,13-14,19H,4-8,11-12,15-16H2,1-3H3,(H,24,29)/t23-/m0/s1. The van der Waals surface area contributed by atoms with Crippen LogP contribution in [0.2, 0.25) is 0 Å². The molecule has 1 aliphatic heterocycles. The van der Waals surface area contributed by atoms with Gasteiger partial charge >= 0.3 is 0 Å². The van der Waals surface area contributed by atoms with Crippen molar-refractivity contribution in [3.8, 4) is 0 Å². The number of rotatable bonds is 5. The van der Waals surface area contributed by atoms with Gasteiger partial charge in [-0.15, -0.1) is 0 Å². The number of sulfonamides is 1. The third-order valence-corrected chi connectivity index (χ3v) is 7.64. The number of hydrogen-bond donors (Lipinski definition) is 1. The summed E-state index contributed by atoms with van der Waals surface area (Å²) in [6.07, 6.45) is 8.30. The molecule has 1 aromatic rings. The molecular weight excluding hydrogens is 430 g/mol. The van der Waals surface area contributed by atoms with Crippen LogP contribution in [0.25, 0.3) is 0 Å². The molecule has 176 valence electrons. The molecule has 9 heteroatoms. The number of anilines is 1. The van der Waals surface area contributed by atoms with E-state index in [2.05, 4.69) is 5.32 Å². The van der Waals surface area contributed by atoms with Crippen LogP contribution < -0.4 is 10.2 Å². The van der Waals surface area contributed by atoms with Gasteiger partial charge in [0, 0.05) is 23.8 Å². The lowest BCUT2D eigenvalue weighted by molar-refractivity contribution is -0.133. The minimum Gasteiger partial charge on any atom is -0.351 e. The summed E-state index contributed by atoms with van der Waals surface area (Å²) in [5.41, 5.74) is -0.620. The molecule has 0 aromatic heterocycles. The lowest BCUT2D eigenvalue weighted by Crippen LogP contribution is -2.70. The van der Waals surface area contributed by atoms with E-state index in [0.29, 0.717) is 11.3 Å². The fourth-order valence-corrected chi connectivity index (χ4v) is 5.44. The zero-order valence-electron chi connectivity index (χ0n) is 19.1. The van der Waals surface area contributed by atoms with Gasteiger partial charge in [0.15, 0.2) is 5.78 Å². The van der Waals surface area contributed by atoms with Crippen molar-refractivity contribution < 1.29 is 22.8 Å². The van der Waals surface area contributed by atoms with Crippen molar-refractivity contribution >= 4 is 33.3 Å². The molecule has 1 aliphatic carbocycles. The van der Waals surface area contributed by atoms with E-state index >= 15 is 0 Å². The van der Waals surface area contributed by atoms with Crippen LogP contribution in [0.1, 0.15) is 69.2 Å². The Labute approximate surface area is 190 Å². The minimum atomic E-state index is -3.68. The number of benzene rings is 1. The molecule has 2 aliphatic rings. The van der Waals surface area contributed by atoms with Gasteiger partial charge < -0.3 is 5.32 Å². The third-order valence-electron chi connectivity index (χ3n) is 6.45. The summed E-state index contributed by atoms with van der Waals surface area (Å²) in [5, 5.41) is 3.11. The van der Waals surface area contributed by atoms with E-state index in [4.69, 9.17) is 0 Å². The molecule has 1 atom stereocenters. The monoisotopic (exact) mass is 463 g/mol. The van der Waals surface area contributed by atoms with E-state index in [1.807, 2.05) is 0 Å². The van der Waals surface area contributed by atoms with Crippen molar-refractivity contribution in [3.63, 3.8) is 0 Å². The SMILES string of the molecule is CC(=O)c1cccc(N2C(=O)CN(S(C)(=O)=O)C[C@@]2(C)C(=O)NC2CCCCCCC2)c1. The summed E-state index contributed by atoms with van der Waals surface area (Å²) >= 11 is 0. The van der Waals surface area contributed by atoms with Crippen molar-refractivity contribution in [2.24, 2.45) is 0 Å². The fraction of sp³-hybridized carbons (Fsp3) is 0.609.